The Morgan fingerprint density at radius 3 is 1.86 bits per heavy atom. The van der Waals surface area contributed by atoms with Crippen LogP contribution in [-0.4, -0.2) is 105 Å². The summed E-state index contributed by atoms with van der Waals surface area (Å²) in [5.41, 5.74) is 8.78. The molecule has 7 N–H and O–H groups in total. The first kappa shape index (κ1) is 53.3. The van der Waals surface area contributed by atoms with Crippen LogP contribution >= 0.6 is 0 Å². The average molecular weight is 925 g/mol. The van der Waals surface area contributed by atoms with Gasteiger partial charge in [-0.25, -0.2) is 28.7 Å². The molecule has 0 aliphatic rings. The normalized spacial score (nSPS) is 12.1. The molecule has 5 rings (SSSR count). The van der Waals surface area contributed by atoms with Gasteiger partial charge in [-0.1, -0.05) is 44.2 Å². The Morgan fingerprint density at radius 1 is 0.812 bits per heavy atom. The number of carbonyl (C=O) groups is 3. The third-order valence-corrected chi connectivity index (χ3v) is 7.81. The van der Waals surface area contributed by atoms with Gasteiger partial charge in [0.1, 0.15) is 23.4 Å². The van der Waals surface area contributed by atoms with Gasteiger partial charge in [0.05, 0.1) is 25.1 Å². The van der Waals surface area contributed by atoms with Crippen LogP contribution in [0.2, 0.25) is 0 Å². The smallest absolute Gasteiger partial charge is 0.490 e. The number of benzene rings is 3. The Hall–Kier alpha value is -6.85. The number of nitrogens with zero attached hydrogens (tertiary/aromatic N) is 3. The van der Waals surface area contributed by atoms with Crippen LogP contribution in [0.25, 0.3) is 22.0 Å². The van der Waals surface area contributed by atoms with E-state index in [1.807, 2.05) is 75.6 Å². The lowest BCUT2D eigenvalue weighted by Crippen LogP contribution is -2.33. The van der Waals surface area contributed by atoms with Crippen LogP contribution in [0.15, 0.2) is 79.1 Å². The zero-order valence-corrected chi connectivity index (χ0v) is 34.3. The number of fused-ring (bicyclic) bond motifs is 1. The first-order chi connectivity index (χ1) is 29.5. The molecule has 0 spiro atoms. The van der Waals surface area contributed by atoms with Crippen LogP contribution < -0.4 is 20.5 Å². The highest BCUT2D eigenvalue weighted by atomic mass is 19.4. The van der Waals surface area contributed by atoms with Crippen LogP contribution in [0.5, 0.6) is 11.5 Å². The number of anilines is 2. The first-order valence-corrected chi connectivity index (χ1v) is 18.1. The molecule has 0 radical (unpaired) electrons. The number of hydrogen-bond donors (Lipinski definition) is 6. The van der Waals surface area contributed by atoms with Crippen LogP contribution in [0, 0.1) is 11.2 Å². The van der Waals surface area contributed by atoms with Gasteiger partial charge in [-0.05, 0) is 62.3 Å². The van der Waals surface area contributed by atoms with E-state index in [9.17, 15) is 39.5 Å². The summed E-state index contributed by atoms with van der Waals surface area (Å²) < 4.78 is 124. The van der Waals surface area contributed by atoms with Crippen LogP contribution in [0.3, 0.4) is 0 Å². The molecule has 0 amide bonds. The van der Waals surface area contributed by atoms with Gasteiger partial charge in [-0.2, -0.15) is 39.5 Å². The molecule has 0 aliphatic carbocycles. The lowest BCUT2D eigenvalue weighted by molar-refractivity contribution is -0.193. The highest BCUT2D eigenvalue weighted by Crippen LogP contribution is 2.37. The van der Waals surface area contributed by atoms with E-state index in [0.717, 1.165) is 34.3 Å². The number of imidazole rings is 1. The van der Waals surface area contributed by atoms with Crippen molar-refractivity contribution in [3.63, 3.8) is 0 Å². The molecule has 0 fully saturated rings. The zero-order chi connectivity index (χ0) is 48.8. The maximum Gasteiger partial charge on any atom is 0.490 e. The van der Waals surface area contributed by atoms with Crippen molar-refractivity contribution >= 4 is 40.2 Å². The third kappa shape index (κ3) is 17.1. The van der Waals surface area contributed by atoms with E-state index in [0.29, 0.717) is 36.2 Å². The van der Waals surface area contributed by atoms with Gasteiger partial charge in [0, 0.05) is 40.9 Å². The van der Waals surface area contributed by atoms with E-state index in [-0.39, 0.29) is 11.2 Å². The molecule has 0 saturated heterocycles. The molecular formula is C40H42F10N6O8. The van der Waals surface area contributed by atoms with Gasteiger partial charge in [0.2, 0.25) is 0 Å². The first-order valence-electron chi connectivity index (χ1n) is 18.1. The number of nitrogens with two attached hydrogens (primary N) is 1. The minimum Gasteiger partial charge on any atom is -0.494 e. The lowest BCUT2D eigenvalue weighted by Gasteiger charge is -2.28. The van der Waals surface area contributed by atoms with Crippen LogP contribution in [0.1, 0.15) is 38.2 Å². The number of halogens is 10. The van der Waals surface area contributed by atoms with Crippen molar-refractivity contribution in [1.82, 2.24) is 19.9 Å². The van der Waals surface area contributed by atoms with Crippen molar-refractivity contribution in [2.45, 2.75) is 45.3 Å². The Morgan fingerprint density at radius 2 is 1.36 bits per heavy atom. The average Bonchev–Trinajstić information content (AvgIpc) is 3.67. The van der Waals surface area contributed by atoms with Crippen molar-refractivity contribution in [3.05, 3.63) is 96.3 Å². The molecule has 2 aromatic heterocycles. The fourth-order valence-corrected chi connectivity index (χ4v) is 5.33. The standard InChI is InChI=1S/C34H39FN6O2.3C2HF3O2/c1-6-42-25-17-27(30(35)29(18-25)43-21-34(2,3)20-41(4)5)31(33-38-19-28(40-33)22-10-8-7-9-11-22)39-24-12-13-26-23(16-24)14-15-37-32(26)36;3*3-2(4,5)1(6)7/h7-19,31,39H,6,20-21H2,1-5H3,(H2,36,37)(H,38,40);3*(H,6,7). The summed E-state index contributed by atoms with van der Waals surface area (Å²) in [7, 11) is 4.02. The highest BCUT2D eigenvalue weighted by Gasteiger charge is 2.39. The van der Waals surface area contributed by atoms with Gasteiger partial charge < -0.3 is 45.7 Å². The minimum absolute atomic E-state index is 0.131. The predicted molar refractivity (Wildman–Crippen MR) is 212 cm³/mol. The van der Waals surface area contributed by atoms with Gasteiger partial charge >= 0.3 is 36.4 Å². The second-order valence-corrected chi connectivity index (χ2v) is 14.1. The van der Waals surface area contributed by atoms with Gasteiger partial charge in [0.15, 0.2) is 11.6 Å². The molecule has 64 heavy (non-hydrogen) atoms. The summed E-state index contributed by atoms with van der Waals surface area (Å²) >= 11 is 0. The minimum atomic E-state index is -5.08. The number of nitrogen functional groups attached to an aromatic ring is 1. The van der Waals surface area contributed by atoms with Crippen LogP contribution in [0.4, 0.5) is 55.4 Å². The molecule has 0 bridgehead atoms. The maximum atomic E-state index is 16.5. The van der Waals surface area contributed by atoms with E-state index in [1.54, 1.807) is 24.5 Å². The Labute approximate surface area is 357 Å². The lowest BCUT2D eigenvalue weighted by atomic mass is 9.94. The van der Waals surface area contributed by atoms with E-state index in [4.69, 9.17) is 49.9 Å². The third-order valence-electron chi connectivity index (χ3n) is 7.81. The topological polar surface area (TPSA) is 213 Å². The summed E-state index contributed by atoms with van der Waals surface area (Å²) in [5, 5.41) is 26.6. The number of hydrogen-bond acceptors (Lipinski definition) is 10. The molecule has 0 saturated carbocycles. The van der Waals surface area contributed by atoms with Crippen molar-refractivity contribution in [1.29, 1.82) is 0 Å². The second kappa shape index (κ2) is 22.5. The number of nitrogens with one attached hydrogen (secondary N) is 2. The number of aromatic nitrogens is 3. The molecule has 14 nitrogen and oxygen atoms in total. The number of carboxylic acids is 3. The Bertz CT molecular complexity index is 2260. The highest BCUT2D eigenvalue weighted by molar-refractivity contribution is 5.93. The molecule has 0 aliphatic heterocycles. The summed E-state index contributed by atoms with van der Waals surface area (Å²) in [5.74, 6) is -7.11. The quantitative estimate of drug-likeness (QED) is 0.0647. The second-order valence-electron chi connectivity index (χ2n) is 14.1. The molecule has 2 heterocycles. The number of rotatable bonds is 12. The number of H-pyrrole nitrogens is 1. The molecule has 1 unspecified atom stereocenters. The molecule has 24 heteroatoms. The van der Waals surface area contributed by atoms with Gasteiger partial charge in [-0.3, -0.25) is 0 Å². The number of alkyl halides is 9. The molecule has 350 valence electrons. The Kier molecular flexibility index (Phi) is 18.7. The number of aromatic amines is 1. The summed E-state index contributed by atoms with van der Waals surface area (Å²) in [4.78, 5) is 41.1. The van der Waals surface area contributed by atoms with E-state index < -0.39 is 48.3 Å². The summed E-state index contributed by atoms with van der Waals surface area (Å²) in [6.45, 7) is 7.63. The largest absolute Gasteiger partial charge is 0.494 e. The fraction of sp³-hybridized carbons (Fsp3) is 0.325. The molecule has 5 aromatic rings. The molecule has 1 atom stereocenters. The fourth-order valence-electron chi connectivity index (χ4n) is 5.33. The zero-order valence-electron chi connectivity index (χ0n) is 34.3. The van der Waals surface area contributed by atoms with E-state index in [2.05, 4.69) is 34.0 Å². The number of carboxylic acid groups (broad SMARTS) is 3. The van der Waals surface area contributed by atoms with Crippen molar-refractivity contribution in [3.8, 4) is 22.8 Å². The monoisotopic (exact) mass is 924 g/mol. The predicted octanol–water partition coefficient (Wildman–Crippen LogP) is 8.81. The molecule has 3 aromatic carbocycles. The van der Waals surface area contributed by atoms with E-state index >= 15 is 4.39 Å². The van der Waals surface area contributed by atoms with E-state index in [1.165, 1.54) is 0 Å². The summed E-state index contributed by atoms with van der Waals surface area (Å²) in [6, 6.07) is 20.2. The van der Waals surface area contributed by atoms with Gasteiger partial charge in [0.25, 0.3) is 0 Å². The number of aliphatic carboxylic acids is 3. The van der Waals surface area contributed by atoms with Crippen molar-refractivity contribution < 1.29 is 83.1 Å². The number of ether oxygens (including phenoxy) is 2. The van der Waals surface area contributed by atoms with Gasteiger partial charge in [-0.15, -0.1) is 0 Å². The van der Waals surface area contributed by atoms with Crippen molar-refractivity contribution in [2.24, 2.45) is 5.41 Å². The Balaban J connectivity index is 0.000000553. The number of pyridine rings is 1. The molecular weight excluding hydrogens is 882 g/mol. The van der Waals surface area contributed by atoms with Crippen molar-refractivity contribution in [2.75, 3.05) is 44.9 Å². The van der Waals surface area contributed by atoms with Crippen LogP contribution in [-0.2, 0) is 14.4 Å². The summed E-state index contributed by atoms with van der Waals surface area (Å²) in [6.07, 6.45) is -11.8. The maximum absolute atomic E-state index is 16.5. The SMILES string of the molecule is CCOc1cc(OCC(C)(C)CN(C)C)c(F)c(C(Nc2ccc3c(N)nccc3c2)c2ncc(-c3ccccc3)[nH]2)c1.O=C(O)C(F)(F)F.O=C(O)C(F)(F)F.O=C(O)C(F)(F)F.